The Morgan fingerprint density at radius 3 is 2.56 bits per heavy atom. The van der Waals surface area contributed by atoms with Crippen molar-refractivity contribution in [3.63, 3.8) is 0 Å². The maximum Gasteiger partial charge on any atom is 0.226 e. The number of piperidine rings is 1. The van der Waals surface area contributed by atoms with Crippen molar-refractivity contribution in [3.8, 4) is 5.75 Å². The van der Waals surface area contributed by atoms with E-state index >= 15 is 0 Å². The fraction of sp³-hybridized carbons (Fsp3) is 0.348. The van der Waals surface area contributed by atoms with E-state index in [1.165, 1.54) is 22.2 Å². The first-order chi connectivity index (χ1) is 13.1. The number of fused-ring (bicyclic) bond motifs is 1. The Balaban J connectivity index is 1.36. The molecule has 0 radical (unpaired) electrons. The molecular formula is C23H26N2O2. The Labute approximate surface area is 160 Å². The quantitative estimate of drug-likeness (QED) is 0.746. The molecule has 4 rings (SSSR count). The Morgan fingerprint density at radius 1 is 1.11 bits per heavy atom. The summed E-state index contributed by atoms with van der Waals surface area (Å²) in [4.78, 5) is 18.2. The van der Waals surface area contributed by atoms with Gasteiger partial charge in [0.15, 0.2) is 0 Å². The number of amides is 1. The number of likely N-dealkylation sites (tertiary alicyclic amines) is 1. The van der Waals surface area contributed by atoms with Crippen LogP contribution in [-0.4, -0.2) is 36.0 Å². The van der Waals surface area contributed by atoms with E-state index in [9.17, 15) is 4.79 Å². The lowest BCUT2D eigenvalue weighted by Crippen LogP contribution is -2.38. The first-order valence-corrected chi connectivity index (χ1v) is 9.62. The molecule has 0 spiro atoms. The minimum atomic E-state index is 0.214. The van der Waals surface area contributed by atoms with E-state index in [-0.39, 0.29) is 5.91 Å². The highest BCUT2D eigenvalue weighted by molar-refractivity contribution is 5.81. The van der Waals surface area contributed by atoms with Gasteiger partial charge in [-0.05, 0) is 61.0 Å². The molecule has 4 heteroatoms. The number of hydrogen-bond donors (Lipinski definition) is 1. The molecule has 1 amide bonds. The van der Waals surface area contributed by atoms with E-state index in [0.717, 1.165) is 37.2 Å². The maximum atomic E-state index is 12.6. The molecule has 1 fully saturated rings. The Kier molecular flexibility index (Phi) is 4.88. The number of nitrogens with zero attached hydrogens (tertiary/aromatic N) is 1. The van der Waals surface area contributed by atoms with Gasteiger partial charge >= 0.3 is 0 Å². The fourth-order valence-corrected chi connectivity index (χ4v) is 3.96. The predicted octanol–water partition coefficient (Wildman–Crippen LogP) is 4.43. The topological polar surface area (TPSA) is 45.3 Å². The number of carbonyl (C=O) groups excluding carboxylic acids is 1. The molecule has 3 aromatic rings. The van der Waals surface area contributed by atoms with Crippen LogP contribution in [0.2, 0.25) is 0 Å². The molecule has 1 saturated heterocycles. The summed E-state index contributed by atoms with van der Waals surface area (Å²) in [5.74, 6) is 1.54. The van der Waals surface area contributed by atoms with Gasteiger partial charge in [-0.25, -0.2) is 0 Å². The van der Waals surface area contributed by atoms with E-state index in [0.29, 0.717) is 12.3 Å². The lowest BCUT2D eigenvalue weighted by Gasteiger charge is -2.31. The Morgan fingerprint density at radius 2 is 1.85 bits per heavy atom. The maximum absolute atomic E-state index is 12.6. The average molecular weight is 362 g/mol. The number of rotatable bonds is 4. The molecule has 2 aromatic carbocycles. The van der Waals surface area contributed by atoms with E-state index in [1.54, 1.807) is 7.11 Å². The zero-order valence-corrected chi connectivity index (χ0v) is 16.0. The molecule has 1 N–H and O–H groups in total. The summed E-state index contributed by atoms with van der Waals surface area (Å²) in [6.45, 7) is 3.78. The number of ether oxygens (including phenoxy) is 1. The second kappa shape index (κ2) is 7.47. The van der Waals surface area contributed by atoms with Crippen molar-refractivity contribution >= 4 is 16.8 Å². The summed E-state index contributed by atoms with van der Waals surface area (Å²) < 4.78 is 5.17. The molecule has 4 nitrogen and oxygen atoms in total. The smallest absolute Gasteiger partial charge is 0.226 e. The third kappa shape index (κ3) is 3.85. The number of nitrogens with one attached hydrogen (secondary N) is 1. The highest BCUT2D eigenvalue weighted by Crippen LogP contribution is 2.30. The molecular weight excluding hydrogens is 336 g/mol. The lowest BCUT2D eigenvalue weighted by atomic mass is 9.93. The highest BCUT2D eigenvalue weighted by Gasteiger charge is 2.24. The van der Waals surface area contributed by atoms with Crippen LogP contribution in [0.4, 0.5) is 0 Å². The van der Waals surface area contributed by atoms with Gasteiger partial charge in [-0.1, -0.05) is 23.8 Å². The summed E-state index contributed by atoms with van der Waals surface area (Å²) in [5.41, 5.74) is 4.83. The fourth-order valence-electron chi connectivity index (χ4n) is 3.96. The predicted molar refractivity (Wildman–Crippen MR) is 108 cm³/mol. The summed E-state index contributed by atoms with van der Waals surface area (Å²) in [7, 11) is 1.65. The minimum absolute atomic E-state index is 0.214. The summed E-state index contributed by atoms with van der Waals surface area (Å²) >= 11 is 0. The van der Waals surface area contributed by atoms with Crippen molar-refractivity contribution in [2.45, 2.75) is 32.1 Å². The third-order valence-corrected chi connectivity index (χ3v) is 5.60. The highest BCUT2D eigenvalue weighted by atomic mass is 16.5. The SMILES string of the molecule is COc1ccc(CC(=O)N2CCC(c3cc4cc(C)ccc4[nH]3)CC2)cc1. The minimum Gasteiger partial charge on any atom is -0.497 e. The number of aromatic nitrogens is 1. The van der Waals surface area contributed by atoms with Crippen LogP contribution in [0.15, 0.2) is 48.5 Å². The van der Waals surface area contributed by atoms with E-state index < -0.39 is 0 Å². The van der Waals surface area contributed by atoms with Crippen LogP contribution in [0.1, 0.15) is 35.6 Å². The number of methoxy groups -OCH3 is 1. The van der Waals surface area contributed by atoms with Crippen LogP contribution >= 0.6 is 0 Å². The number of H-pyrrole nitrogens is 1. The molecule has 0 atom stereocenters. The van der Waals surface area contributed by atoms with Crippen LogP contribution in [-0.2, 0) is 11.2 Å². The molecule has 27 heavy (non-hydrogen) atoms. The average Bonchev–Trinajstić information content (AvgIpc) is 3.12. The number of aryl methyl sites for hydroxylation is 1. The summed E-state index contributed by atoms with van der Waals surface area (Å²) in [6.07, 6.45) is 2.49. The van der Waals surface area contributed by atoms with Crippen LogP contribution in [0, 0.1) is 6.92 Å². The number of hydrogen-bond acceptors (Lipinski definition) is 2. The van der Waals surface area contributed by atoms with Crippen molar-refractivity contribution in [1.29, 1.82) is 0 Å². The number of aromatic amines is 1. The van der Waals surface area contributed by atoms with Gasteiger partial charge in [0.1, 0.15) is 5.75 Å². The molecule has 2 heterocycles. The number of benzene rings is 2. The molecule has 0 bridgehead atoms. The molecule has 0 unspecified atom stereocenters. The van der Waals surface area contributed by atoms with E-state index in [1.807, 2.05) is 29.2 Å². The summed E-state index contributed by atoms with van der Waals surface area (Å²) in [5, 5.41) is 1.28. The van der Waals surface area contributed by atoms with Crippen molar-refractivity contribution in [3.05, 3.63) is 65.4 Å². The van der Waals surface area contributed by atoms with Gasteiger partial charge in [0.25, 0.3) is 0 Å². The van der Waals surface area contributed by atoms with Crippen molar-refractivity contribution in [1.82, 2.24) is 9.88 Å². The van der Waals surface area contributed by atoms with E-state index in [2.05, 4.69) is 36.2 Å². The van der Waals surface area contributed by atoms with Crippen LogP contribution < -0.4 is 4.74 Å². The zero-order valence-electron chi connectivity index (χ0n) is 16.0. The Bertz CT molecular complexity index is 935. The largest absolute Gasteiger partial charge is 0.497 e. The van der Waals surface area contributed by atoms with Gasteiger partial charge < -0.3 is 14.6 Å². The van der Waals surface area contributed by atoms with Crippen molar-refractivity contribution in [2.24, 2.45) is 0 Å². The van der Waals surface area contributed by atoms with Crippen LogP contribution in [0.5, 0.6) is 5.75 Å². The third-order valence-electron chi connectivity index (χ3n) is 5.60. The standard InChI is InChI=1S/C23H26N2O2/c1-16-3-8-21-19(13-16)15-22(24-21)18-9-11-25(12-10-18)23(26)14-17-4-6-20(27-2)7-5-17/h3-8,13,15,18,24H,9-12,14H2,1-2H3. The van der Waals surface area contributed by atoms with Crippen molar-refractivity contribution < 1.29 is 9.53 Å². The first-order valence-electron chi connectivity index (χ1n) is 9.62. The van der Waals surface area contributed by atoms with E-state index in [4.69, 9.17) is 4.74 Å². The molecule has 0 aliphatic carbocycles. The van der Waals surface area contributed by atoms with Crippen LogP contribution in [0.3, 0.4) is 0 Å². The zero-order chi connectivity index (χ0) is 18.8. The number of carbonyl (C=O) groups is 1. The van der Waals surface area contributed by atoms with Gasteiger partial charge in [-0.2, -0.15) is 0 Å². The second-order valence-electron chi connectivity index (χ2n) is 7.50. The van der Waals surface area contributed by atoms with Gasteiger partial charge in [-0.3, -0.25) is 4.79 Å². The van der Waals surface area contributed by atoms with Gasteiger partial charge in [0.05, 0.1) is 13.5 Å². The first kappa shape index (κ1) is 17.7. The Hall–Kier alpha value is -2.75. The van der Waals surface area contributed by atoms with Crippen molar-refractivity contribution in [2.75, 3.05) is 20.2 Å². The van der Waals surface area contributed by atoms with Crippen LogP contribution in [0.25, 0.3) is 10.9 Å². The van der Waals surface area contributed by atoms with Gasteiger partial charge in [-0.15, -0.1) is 0 Å². The molecule has 140 valence electrons. The lowest BCUT2D eigenvalue weighted by molar-refractivity contribution is -0.131. The molecule has 1 aliphatic heterocycles. The van der Waals surface area contributed by atoms with Gasteiger partial charge in [0.2, 0.25) is 5.91 Å². The summed E-state index contributed by atoms with van der Waals surface area (Å²) in [6, 6.07) is 16.6. The van der Waals surface area contributed by atoms with Gasteiger partial charge in [0, 0.05) is 30.2 Å². The molecule has 1 aliphatic rings. The molecule has 1 aromatic heterocycles. The normalized spacial score (nSPS) is 15.3. The second-order valence-corrected chi connectivity index (χ2v) is 7.50. The molecule has 0 saturated carbocycles. The monoisotopic (exact) mass is 362 g/mol.